The zero-order chi connectivity index (χ0) is 12.1. The Morgan fingerprint density at radius 1 is 1.41 bits per heavy atom. The smallest absolute Gasteiger partial charge is 0.305 e. The molecule has 0 amide bonds. The second-order valence-electron chi connectivity index (χ2n) is 4.49. The lowest BCUT2D eigenvalue weighted by atomic mass is 9.94. The van der Waals surface area contributed by atoms with E-state index in [2.05, 4.69) is 17.4 Å². The molecule has 2 N–H and O–H groups in total. The van der Waals surface area contributed by atoms with Crippen molar-refractivity contribution in [2.45, 2.75) is 24.9 Å². The summed E-state index contributed by atoms with van der Waals surface area (Å²) in [6, 6.07) is 10.1. The van der Waals surface area contributed by atoms with Crippen LogP contribution in [-0.2, 0) is 11.3 Å². The van der Waals surface area contributed by atoms with Crippen LogP contribution in [-0.4, -0.2) is 28.1 Å². The summed E-state index contributed by atoms with van der Waals surface area (Å²) in [7, 11) is 0. The SMILES string of the molecule is O=C(O)CC1(NCc2ccccc2)CCSC1. The van der Waals surface area contributed by atoms with Gasteiger partial charge in [0.15, 0.2) is 0 Å². The van der Waals surface area contributed by atoms with Gasteiger partial charge in [-0.3, -0.25) is 4.79 Å². The van der Waals surface area contributed by atoms with E-state index in [0.717, 1.165) is 24.5 Å². The lowest BCUT2D eigenvalue weighted by Crippen LogP contribution is -2.46. The van der Waals surface area contributed by atoms with Crippen LogP contribution < -0.4 is 5.32 Å². The zero-order valence-corrected chi connectivity index (χ0v) is 10.5. The van der Waals surface area contributed by atoms with E-state index in [1.807, 2.05) is 30.0 Å². The predicted octanol–water partition coefficient (Wildman–Crippen LogP) is 2.13. The number of hydrogen-bond donors (Lipinski definition) is 2. The maximum Gasteiger partial charge on any atom is 0.305 e. The van der Waals surface area contributed by atoms with Gasteiger partial charge in [-0.15, -0.1) is 0 Å². The van der Waals surface area contributed by atoms with Gasteiger partial charge in [0.2, 0.25) is 0 Å². The second kappa shape index (κ2) is 5.56. The van der Waals surface area contributed by atoms with Crippen LogP contribution in [0.5, 0.6) is 0 Å². The number of carbonyl (C=O) groups is 1. The Morgan fingerprint density at radius 2 is 2.18 bits per heavy atom. The summed E-state index contributed by atoms with van der Waals surface area (Å²) in [5, 5.41) is 12.4. The Balaban J connectivity index is 1.96. The van der Waals surface area contributed by atoms with Crippen molar-refractivity contribution in [3.63, 3.8) is 0 Å². The van der Waals surface area contributed by atoms with Gasteiger partial charge in [-0.2, -0.15) is 11.8 Å². The van der Waals surface area contributed by atoms with Gasteiger partial charge in [-0.1, -0.05) is 30.3 Å². The van der Waals surface area contributed by atoms with Crippen LogP contribution in [0.2, 0.25) is 0 Å². The maximum atomic E-state index is 10.9. The quantitative estimate of drug-likeness (QED) is 0.841. The number of rotatable bonds is 5. The highest BCUT2D eigenvalue weighted by Crippen LogP contribution is 2.31. The van der Waals surface area contributed by atoms with Crippen LogP contribution in [0.1, 0.15) is 18.4 Å². The molecule has 1 saturated heterocycles. The summed E-state index contributed by atoms with van der Waals surface area (Å²) in [6.45, 7) is 0.745. The van der Waals surface area contributed by atoms with Gasteiger partial charge >= 0.3 is 5.97 Å². The van der Waals surface area contributed by atoms with Crippen LogP contribution in [0, 0.1) is 0 Å². The highest BCUT2D eigenvalue weighted by molar-refractivity contribution is 7.99. The molecule has 1 heterocycles. The van der Waals surface area contributed by atoms with E-state index in [0.29, 0.717) is 0 Å². The van der Waals surface area contributed by atoms with E-state index < -0.39 is 5.97 Å². The van der Waals surface area contributed by atoms with Crippen molar-refractivity contribution in [2.75, 3.05) is 11.5 Å². The zero-order valence-electron chi connectivity index (χ0n) is 9.69. The predicted molar refractivity (Wildman–Crippen MR) is 70.2 cm³/mol. The van der Waals surface area contributed by atoms with Crippen molar-refractivity contribution in [3.8, 4) is 0 Å². The molecule has 1 unspecified atom stereocenters. The number of aliphatic carboxylic acids is 1. The summed E-state index contributed by atoms with van der Waals surface area (Å²) in [5.41, 5.74) is 0.987. The van der Waals surface area contributed by atoms with Crippen LogP contribution in [0.3, 0.4) is 0 Å². The fraction of sp³-hybridized carbons (Fsp3) is 0.462. The Hall–Kier alpha value is -1.00. The van der Waals surface area contributed by atoms with Crippen molar-refractivity contribution >= 4 is 17.7 Å². The summed E-state index contributed by atoms with van der Waals surface area (Å²) >= 11 is 1.83. The Bertz CT molecular complexity index is 374. The minimum atomic E-state index is -0.715. The van der Waals surface area contributed by atoms with E-state index in [-0.39, 0.29) is 12.0 Å². The molecule has 0 spiro atoms. The molecule has 4 heteroatoms. The number of carboxylic acids is 1. The third-order valence-electron chi connectivity index (χ3n) is 3.10. The van der Waals surface area contributed by atoms with E-state index >= 15 is 0 Å². The Kier molecular flexibility index (Phi) is 4.07. The molecule has 0 aromatic heterocycles. The average molecular weight is 251 g/mol. The summed E-state index contributed by atoms with van der Waals surface area (Å²) in [6.07, 6.45) is 1.16. The molecule has 0 aliphatic carbocycles. The average Bonchev–Trinajstić information content (AvgIpc) is 2.76. The standard InChI is InChI=1S/C13H17NO2S/c15-12(16)8-13(6-7-17-10-13)14-9-11-4-2-1-3-5-11/h1-5,14H,6-10H2,(H,15,16). The van der Waals surface area contributed by atoms with Crippen molar-refractivity contribution in [1.29, 1.82) is 0 Å². The van der Waals surface area contributed by atoms with Gasteiger partial charge in [-0.05, 0) is 17.7 Å². The molecule has 0 saturated carbocycles. The molecule has 1 aliphatic rings. The molecule has 1 fully saturated rings. The molecule has 1 aromatic rings. The third-order valence-corrected chi connectivity index (χ3v) is 4.35. The molecule has 92 valence electrons. The lowest BCUT2D eigenvalue weighted by molar-refractivity contribution is -0.138. The number of thioether (sulfide) groups is 1. The topological polar surface area (TPSA) is 49.3 Å². The molecule has 0 radical (unpaired) electrons. The molecule has 1 aliphatic heterocycles. The Morgan fingerprint density at radius 3 is 2.76 bits per heavy atom. The van der Waals surface area contributed by atoms with E-state index in [1.165, 1.54) is 5.56 Å². The van der Waals surface area contributed by atoms with Gasteiger partial charge in [0, 0.05) is 17.8 Å². The van der Waals surface area contributed by atoms with Crippen LogP contribution in [0.25, 0.3) is 0 Å². The van der Waals surface area contributed by atoms with Crippen molar-refractivity contribution in [2.24, 2.45) is 0 Å². The molecule has 0 bridgehead atoms. The lowest BCUT2D eigenvalue weighted by Gasteiger charge is -2.28. The van der Waals surface area contributed by atoms with Crippen molar-refractivity contribution in [1.82, 2.24) is 5.32 Å². The van der Waals surface area contributed by atoms with Crippen molar-refractivity contribution < 1.29 is 9.90 Å². The van der Waals surface area contributed by atoms with Crippen molar-refractivity contribution in [3.05, 3.63) is 35.9 Å². The largest absolute Gasteiger partial charge is 0.481 e. The van der Waals surface area contributed by atoms with E-state index in [9.17, 15) is 4.79 Å². The first-order chi connectivity index (χ1) is 8.20. The van der Waals surface area contributed by atoms with Gasteiger partial charge in [0.05, 0.1) is 6.42 Å². The molecular formula is C13H17NO2S. The molecule has 1 atom stereocenters. The fourth-order valence-electron chi connectivity index (χ4n) is 2.12. The number of benzene rings is 1. The molecule has 17 heavy (non-hydrogen) atoms. The van der Waals surface area contributed by atoms with E-state index in [1.54, 1.807) is 0 Å². The first-order valence-electron chi connectivity index (χ1n) is 5.79. The molecular weight excluding hydrogens is 234 g/mol. The molecule has 1 aromatic carbocycles. The summed E-state index contributed by atoms with van der Waals surface area (Å²) in [4.78, 5) is 10.9. The summed E-state index contributed by atoms with van der Waals surface area (Å²) < 4.78 is 0. The normalized spacial score (nSPS) is 23.8. The molecule has 2 rings (SSSR count). The fourth-order valence-corrected chi connectivity index (χ4v) is 3.54. The molecule has 3 nitrogen and oxygen atoms in total. The first-order valence-corrected chi connectivity index (χ1v) is 6.94. The number of hydrogen-bond acceptors (Lipinski definition) is 3. The first kappa shape index (κ1) is 12.5. The number of carboxylic acid groups (broad SMARTS) is 1. The summed E-state index contributed by atoms with van der Waals surface area (Å²) in [5.74, 6) is 1.23. The number of nitrogens with one attached hydrogen (secondary N) is 1. The minimum absolute atomic E-state index is 0.215. The van der Waals surface area contributed by atoms with Crippen LogP contribution in [0.15, 0.2) is 30.3 Å². The van der Waals surface area contributed by atoms with E-state index in [4.69, 9.17) is 5.11 Å². The highest BCUT2D eigenvalue weighted by Gasteiger charge is 2.35. The van der Waals surface area contributed by atoms with Gasteiger partial charge in [-0.25, -0.2) is 0 Å². The third kappa shape index (κ3) is 3.48. The second-order valence-corrected chi connectivity index (χ2v) is 5.60. The maximum absolute atomic E-state index is 10.9. The monoisotopic (exact) mass is 251 g/mol. The van der Waals surface area contributed by atoms with Gasteiger partial charge in [0.1, 0.15) is 0 Å². The minimum Gasteiger partial charge on any atom is -0.481 e. The van der Waals surface area contributed by atoms with Gasteiger partial charge < -0.3 is 10.4 Å². The highest BCUT2D eigenvalue weighted by atomic mass is 32.2. The van der Waals surface area contributed by atoms with Crippen LogP contribution >= 0.6 is 11.8 Å². The van der Waals surface area contributed by atoms with Crippen LogP contribution in [0.4, 0.5) is 0 Å². The van der Waals surface area contributed by atoms with Gasteiger partial charge in [0.25, 0.3) is 0 Å². The Labute approximate surface area is 106 Å².